The lowest BCUT2D eigenvalue weighted by Gasteiger charge is -2.30. The first-order valence-corrected chi connectivity index (χ1v) is 6.33. The Bertz CT molecular complexity index is 425. The van der Waals surface area contributed by atoms with Gasteiger partial charge >= 0.3 is 5.97 Å². The molecule has 0 atom stereocenters. The van der Waals surface area contributed by atoms with Crippen molar-refractivity contribution < 1.29 is 14.3 Å². The van der Waals surface area contributed by atoms with Crippen LogP contribution in [0.1, 0.15) is 22.8 Å². The van der Waals surface area contributed by atoms with E-state index in [4.69, 9.17) is 9.47 Å². The van der Waals surface area contributed by atoms with Crippen molar-refractivity contribution in [2.24, 2.45) is 0 Å². The number of esters is 1. The van der Waals surface area contributed by atoms with Gasteiger partial charge in [0, 0.05) is 13.1 Å². The van der Waals surface area contributed by atoms with E-state index in [1.807, 2.05) is 32.0 Å². The Balaban J connectivity index is 2.30. The summed E-state index contributed by atoms with van der Waals surface area (Å²) in [5.41, 5.74) is 2.66. The van der Waals surface area contributed by atoms with Crippen molar-refractivity contribution in [3.8, 4) is 0 Å². The molecule has 1 aromatic rings. The summed E-state index contributed by atoms with van der Waals surface area (Å²) in [5, 5.41) is 0. The van der Waals surface area contributed by atoms with Crippen LogP contribution in [0, 0.1) is 6.92 Å². The van der Waals surface area contributed by atoms with E-state index >= 15 is 0 Å². The summed E-state index contributed by atoms with van der Waals surface area (Å²) in [6, 6.07) is 5.91. The van der Waals surface area contributed by atoms with Gasteiger partial charge in [0.05, 0.1) is 31.1 Å². The Labute approximate surface area is 107 Å². The Kier molecular flexibility index (Phi) is 4.20. The summed E-state index contributed by atoms with van der Waals surface area (Å²) in [4.78, 5) is 14.2. The van der Waals surface area contributed by atoms with Crippen LogP contribution in [-0.2, 0) is 9.47 Å². The lowest BCUT2D eigenvalue weighted by molar-refractivity contribution is 0.0526. The molecule has 1 aliphatic heterocycles. The maximum atomic E-state index is 12.0. The molecule has 0 bridgehead atoms. The molecule has 18 heavy (non-hydrogen) atoms. The second-order valence-electron chi connectivity index (χ2n) is 4.34. The molecule has 0 aromatic heterocycles. The number of benzene rings is 1. The molecule has 0 saturated carbocycles. The topological polar surface area (TPSA) is 38.8 Å². The Morgan fingerprint density at radius 3 is 2.78 bits per heavy atom. The average Bonchev–Trinajstić information content (AvgIpc) is 2.40. The molecular formula is C14H19NO3. The van der Waals surface area contributed by atoms with E-state index in [-0.39, 0.29) is 5.97 Å². The maximum absolute atomic E-state index is 12.0. The van der Waals surface area contributed by atoms with E-state index in [0.29, 0.717) is 25.4 Å². The molecule has 4 nitrogen and oxygen atoms in total. The molecule has 1 aromatic carbocycles. The monoisotopic (exact) mass is 249 g/mol. The normalized spacial score (nSPS) is 15.6. The van der Waals surface area contributed by atoms with Gasteiger partial charge in [-0.15, -0.1) is 0 Å². The minimum absolute atomic E-state index is 0.248. The number of rotatable bonds is 3. The number of hydrogen-bond donors (Lipinski definition) is 0. The third-order valence-corrected chi connectivity index (χ3v) is 3.00. The molecule has 1 saturated heterocycles. The number of aryl methyl sites for hydroxylation is 1. The minimum atomic E-state index is -0.248. The lowest BCUT2D eigenvalue weighted by Crippen LogP contribution is -2.37. The molecule has 0 amide bonds. The molecule has 98 valence electrons. The molecular weight excluding hydrogens is 230 g/mol. The van der Waals surface area contributed by atoms with Crippen LogP contribution in [0.15, 0.2) is 18.2 Å². The van der Waals surface area contributed by atoms with Crippen molar-refractivity contribution >= 4 is 11.7 Å². The average molecular weight is 249 g/mol. The van der Waals surface area contributed by atoms with Gasteiger partial charge in [0.25, 0.3) is 0 Å². The van der Waals surface area contributed by atoms with Crippen LogP contribution >= 0.6 is 0 Å². The molecule has 1 aliphatic rings. The standard InChI is InChI=1S/C14H19NO3/c1-3-18-14(16)12-10-11(2)4-5-13(12)15-6-8-17-9-7-15/h4-5,10H,3,6-9H2,1-2H3. The van der Waals surface area contributed by atoms with Gasteiger partial charge in [-0.05, 0) is 26.0 Å². The van der Waals surface area contributed by atoms with Crippen LogP contribution < -0.4 is 4.90 Å². The largest absolute Gasteiger partial charge is 0.462 e. The molecule has 1 fully saturated rings. The summed E-state index contributed by atoms with van der Waals surface area (Å²) in [6.45, 7) is 7.24. The summed E-state index contributed by atoms with van der Waals surface area (Å²) in [7, 11) is 0. The van der Waals surface area contributed by atoms with Gasteiger partial charge in [0.2, 0.25) is 0 Å². The lowest BCUT2D eigenvalue weighted by atomic mass is 10.1. The maximum Gasteiger partial charge on any atom is 0.340 e. The summed E-state index contributed by atoms with van der Waals surface area (Å²) in [6.07, 6.45) is 0. The first-order chi connectivity index (χ1) is 8.72. The van der Waals surface area contributed by atoms with Gasteiger partial charge < -0.3 is 14.4 Å². The van der Waals surface area contributed by atoms with E-state index in [1.54, 1.807) is 0 Å². The molecule has 0 radical (unpaired) electrons. The SMILES string of the molecule is CCOC(=O)c1cc(C)ccc1N1CCOCC1. The van der Waals surface area contributed by atoms with Crippen molar-refractivity contribution in [1.29, 1.82) is 0 Å². The van der Waals surface area contributed by atoms with Gasteiger partial charge in [-0.25, -0.2) is 4.79 Å². The molecule has 0 spiro atoms. The quantitative estimate of drug-likeness (QED) is 0.768. The second-order valence-corrected chi connectivity index (χ2v) is 4.34. The van der Waals surface area contributed by atoms with Crippen LogP contribution in [0.3, 0.4) is 0 Å². The highest BCUT2D eigenvalue weighted by Gasteiger charge is 2.19. The number of carbonyl (C=O) groups excluding carboxylic acids is 1. The summed E-state index contributed by atoms with van der Waals surface area (Å²) >= 11 is 0. The number of anilines is 1. The number of morpholine rings is 1. The molecule has 1 heterocycles. The van der Waals surface area contributed by atoms with E-state index in [0.717, 1.165) is 24.3 Å². The van der Waals surface area contributed by atoms with E-state index < -0.39 is 0 Å². The molecule has 2 rings (SSSR count). The second kappa shape index (κ2) is 5.87. The first-order valence-electron chi connectivity index (χ1n) is 6.33. The fraction of sp³-hybridized carbons (Fsp3) is 0.500. The predicted octanol–water partition coefficient (Wildman–Crippen LogP) is 2.01. The van der Waals surface area contributed by atoms with Gasteiger partial charge in [-0.3, -0.25) is 0 Å². The van der Waals surface area contributed by atoms with Gasteiger partial charge in [-0.2, -0.15) is 0 Å². The third kappa shape index (κ3) is 2.82. The highest BCUT2D eigenvalue weighted by Crippen LogP contribution is 2.23. The third-order valence-electron chi connectivity index (χ3n) is 3.00. The highest BCUT2D eigenvalue weighted by molar-refractivity contribution is 5.96. The number of carbonyl (C=O) groups is 1. The fourth-order valence-corrected chi connectivity index (χ4v) is 2.10. The van der Waals surface area contributed by atoms with Crippen LogP contribution in [-0.4, -0.2) is 38.9 Å². The van der Waals surface area contributed by atoms with Crippen molar-refractivity contribution in [3.05, 3.63) is 29.3 Å². The zero-order valence-corrected chi connectivity index (χ0v) is 10.9. The van der Waals surface area contributed by atoms with Crippen LogP contribution in [0.4, 0.5) is 5.69 Å². The van der Waals surface area contributed by atoms with Gasteiger partial charge in [0.1, 0.15) is 0 Å². The van der Waals surface area contributed by atoms with Crippen molar-refractivity contribution in [1.82, 2.24) is 0 Å². The Morgan fingerprint density at radius 2 is 2.11 bits per heavy atom. The van der Waals surface area contributed by atoms with Crippen LogP contribution in [0.5, 0.6) is 0 Å². The van der Waals surface area contributed by atoms with Gasteiger partial charge in [-0.1, -0.05) is 11.6 Å². The van der Waals surface area contributed by atoms with E-state index in [9.17, 15) is 4.79 Å². The van der Waals surface area contributed by atoms with Crippen molar-refractivity contribution in [3.63, 3.8) is 0 Å². The van der Waals surface area contributed by atoms with E-state index in [2.05, 4.69) is 4.90 Å². The van der Waals surface area contributed by atoms with Crippen LogP contribution in [0.25, 0.3) is 0 Å². The number of nitrogens with zero attached hydrogens (tertiary/aromatic N) is 1. The molecule has 0 aliphatic carbocycles. The zero-order chi connectivity index (χ0) is 13.0. The summed E-state index contributed by atoms with van der Waals surface area (Å²) in [5.74, 6) is -0.248. The van der Waals surface area contributed by atoms with Gasteiger partial charge in [0.15, 0.2) is 0 Å². The molecule has 0 unspecified atom stereocenters. The fourth-order valence-electron chi connectivity index (χ4n) is 2.10. The minimum Gasteiger partial charge on any atom is -0.462 e. The first kappa shape index (κ1) is 12.9. The highest BCUT2D eigenvalue weighted by atomic mass is 16.5. The van der Waals surface area contributed by atoms with Crippen molar-refractivity contribution in [2.45, 2.75) is 13.8 Å². The Hall–Kier alpha value is -1.55. The number of ether oxygens (including phenoxy) is 2. The predicted molar refractivity (Wildman–Crippen MR) is 70.2 cm³/mol. The summed E-state index contributed by atoms with van der Waals surface area (Å²) < 4.78 is 10.5. The zero-order valence-electron chi connectivity index (χ0n) is 10.9. The Morgan fingerprint density at radius 1 is 1.39 bits per heavy atom. The smallest absolute Gasteiger partial charge is 0.340 e. The molecule has 4 heteroatoms. The molecule has 0 N–H and O–H groups in total. The van der Waals surface area contributed by atoms with Crippen molar-refractivity contribution in [2.75, 3.05) is 37.8 Å². The van der Waals surface area contributed by atoms with Crippen LogP contribution in [0.2, 0.25) is 0 Å². The van der Waals surface area contributed by atoms with E-state index in [1.165, 1.54) is 0 Å². The number of hydrogen-bond acceptors (Lipinski definition) is 4.